The van der Waals surface area contributed by atoms with Crippen molar-refractivity contribution < 1.29 is 23.2 Å². The zero-order valence-corrected chi connectivity index (χ0v) is 20.0. The molecule has 178 valence electrons. The third-order valence-corrected chi connectivity index (χ3v) is 8.27. The third kappa shape index (κ3) is 5.07. The van der Waals surface area contributed by atoms with Crippen LogP contribution in [0, 0.1) is 30.9 Å². The molecule has 1 heterocycles. The molecule has 0 spiro atoms. The Hall–Kier alpha value is -2.82. The van der Waals surface area contributed by atoms with E-state index in [0.29, 0.717) is 6.42 Å². The number of aryl methyl sites for hydroxylation is 3. The lowest BCUT2D eigenvalue weighted by Gasteiger charge is -2.41. The first-order valence-corrected chi connectivity index (χ1v) is 12.2. The number of aliphatic carboxylic acids is 1. The zero-order valence-electron chi connectivity index (χ0n) is 19.2. The number of hydrogen-bond acceptors (Lipinski definition) is 6. The third-order valence-electron chi connectivity index (χ3n) is 6.21. The summed E-state index contributed by atoms with van der Waals surface area (Å²) in [5.74, 6) is -0.962. The highest BCUT2D eigenvalue weighted by molar-refractivity contribution is 7.89. The fourth-order valence-electron chi connectivity index (χ4n) is 4.66. The van der Waals surface area contributed by atoms with Crippen molar-refractivity contribution in [3.05, 3.63) is 68.8 Å². The second-order valence-corrected chi connectivity index (χ2v) is 10.5. The normalized spacial score (nSPS) is 18.7. The van der Waals surface area contributed by atoms with E-state index < -0.39 is 38.7 Å². The Kier molecular flexibility index (Phi) is 7.20. The molecule has 0 radical (unpaired) electrons. The molecule has 0 bridgehead atoms. The number of sulfonamides is 1. The predicted octanol–water partition coefficient (Wildman–Crippen LogP) is 2.91. The number of hydrogen-bond donors (Lipinski definition) is 1. The topological polar surface area (TPSA) is 121 Å². The lowest BCUT2D eigenvalue weighted by molar-refractivity contribution is -0.387. The van der Waals surface area contributed by atoms with E-state index in [4.69, 9.17) is 0 Å². The van der Waals surface area contributed by atoms with Crippen LogP contribution >= 0.6 is 0 Å². The summed E-state index contributed by atoms with van der Waals surface area (Å²) in [6.07, 6.45) is 0.316. The summed E-state index contributed by atoms with van der Waals surface area (Å²) < 4.78 is 27.7. The highest BCUT2D eigenvalue weighted by atomic mass is 32.2. The monoisotopic (exact) mass is 475 g/mol. The molecule has 1 aliphatic heterocycles. The van der Waals surface area contributed by atoms with Crippen LogP contribution in [0.5, 0.6) is 0 Å². The molecule has 0 saturated carbocycles. The lowest BCUT2D eigenvalue weighted by Crippen LogP contribution is -2.58. The number of piperazine rings is 1. The molecule has 1 N–H and O–H groups in total. The maximum absolute atomic E-state index is 13.2. The van der Waals surface area contributed by atoms with E-state index >= 15 is 0 Å². The van der Waals surface area contributed by atoms with Crippen molar-refractivity contribution in [1.82, 2.24) is 9.21 Å². The number of nitro benzene ring substituents is 1. The molecule has 33 heavy (non-hydrogen) atoms. The quantitative estimate of drug-likeness (QED) is 0.483. The number of carboxylic acid groups (broad SMARTS) is 1. The van der Waals surface area contributed by atoms with Gasteiger partial charge in [0.25, 0.3) is 5.69 Å². The number of nitro groups is 1. The van der Waals surface area contributed by atoms with Crippen LogP contribution in [0.4, 0.5) is 5.69 Å². The van der Waals surface area contributed by atoms with E-state index in [2.05, 4.69) is 0 Å². The van der Waals surface area contributed by atoms with Crippen molar-refractivity contribution in [2.75, 3.05) is 19.6 Å². The summed E-state index contributed by atoms with van der Waals surface area (Å²) in [6, 6.07) is 7.98. The standard InChI is InChI=1S/C23H29N3O6S/c1-15-11-16(2)19(17(3)12-15)13-21(23(27)28)24-9-10-25(18(4)14-24)33(31,32)22-8-6-5-7-20(22)26(29)30/h5-8,11-12,18,21H,9-10,13-14H2,1-4H3,(H,27,28)/t18-,21?/m0/s1. The molecule has 1 fully saturated rings. The maximum Gasteiger partial charge on any atom is 0.321 e. The minimum Gasteiger partial charge on any atom is -0.480 e. The zero-order chi connectivity index (χ0) is 24.5. The predicted molar refractivity (Wildman–Crippen MR) is 124 cm³/mol. The van der Waals surface area contributed by atoms with Gasteiger partial charge >= 0.3 is 5.97 Å². The molecule has 1 saturated heterocycles. The average molecular weight is 476 g/mol. The van der Waals surface area contributed by atoms with E-state index in [0.717, 1.165) is 22.3 Å². The van der Waals surface area contributed by atoms with Crippen molar-refractivity contribution in [1.29, 1.82) is 0 Å². The molecule has 1 aliphatic rings. The fraction of sp³-hybridized carbons (Fsp3) is 0.435. The first-order chi connectivity index (χ1) is 15.4. The van der Waals surface area contributed by atoms with Crippen LogP contribution in [-0.4, -0.2) is 65.3 Å². The molecular formula is C23H29N3O6S. The van der Waals surface area contributed by atoms with Gasteiger partial charge in [-0.1, -0.05) is 29.8 Å². The van der Waals surface area contributed by atoms with Gasteiger partial charge < -0.3 is 5.11 Å². The SMILES string of the molecule is Cc1cc(C)c(CC(C(=O)O)N2CCN(S(=O)(=O)c3ccccc3[N+](=O)[O-])[C@@H](C)C2)c(C)c1. The average Bonchev–Trinajstić information content (AvgIpc) is 2.72. The van der Waals surface area contributed by atoms with Crippen LogP contribution in [0.25, 0.3) is 0 Å². The summed E-state index contributed by atoms with van der Waals surface area (Å²) in [5, 5.41) is 21.3. The maximum atomic E-state index is 13.2. The Bertz CT molecular complexity index is 1160. The molecule has 9 nitrogen and oxygen atoms in total. The van der Waals surface area contributed by atoms with Gasteiger partial charge in [-0.3, -0.25) is 19.8 Å². The Balaban J connectivity index is 1.84. The number of rotatable bonds is 7. The van der Waals surface area contributed by atoms with Gasteiger partial charge in [0.1, 0.15) is 6.04 Å². The lowest BCUT2D eigenvalue weighted by atomic mass is 9.93. The van der Waals surface area contributed by atoms with E-state index in [1.54, 1.807) is 11.8 Å². The van der Waals surface area contributed by atoms with E-state index in [1.165, 1.54) is 28.6 Å². The van der Waals surface area contributed by atoms with Crippen molar-refractivity contribution >= 4 is 21.7 Å². The summed E-state index contributed by atoms with van der Waals surface area (Å²) in [7, 11) is -4.12. The molecule has 2 atom stereocenters. The highest BCUT2D eigenvalue weighted by Crippen LogP contribution is 2.29. The Morgan fingerprint density at radius 2 is 1.79 bits per heavy atom. The smallest absolute Gasteiger partial charge is 0.321 e. The first kappa shape index (κ1) is 24.8. The van der Waals surface area contributed by atoms with Gasteiger partial charge in [-0.2, -0.15) is 4.31 Å². The van der Waals surface area contributed by atoms with Gasteiger partial charge in [-0.15, -0.1) is 0 Å². The van der Waals surface area contributed by atoms with Crippen molar-refractivity contribution in [2.24, 2.45) is 0 Å². The minimum absolute atomic E-state index is 0.0468. The second-order valence-electron chi connectivity index (χ2n) is 8.62. The van der Waals surface area contributed by atoms with E-state index in [9.17, 15) is 28.4 Å². The van der Waals surface area contributed by atoms with Crippen LogP contribution in [0.2, 0.25) is 0 Å². The van der Waals surface area contributed by atoms with Crippen molar-refractivity contribution in [3.8, 4) is 0 Å². The minimum atomic E-state index is -4.12. The van der Waals surface area contributed by atoms with Gasteiger partial charge in [0, 0.05) is 31.7 Å². The molecule has 0 aliphatic carbocycles. The Labute approximate surface area is 193 Å². The molecule has 1 unspecified atom stereocenters. The summed E-state index contributed by atoms with van der Waals surface area (Å²) in [6.45, 7) is 8.09. The van der Waals surface area contributed by atoms with Crippen LogP contribution in [0.15, 0.2) is 41.3 Å². The fourth-order valence-corrected chi connectivity index (χ4v) is 6.43. The van der Waals surface area contributed by atoms with Crippen LogP contribution in [-0.2, 0) is 21.2 Å². The van der Waals surface area contributed by atoms with Gasteiger partial charge in [0.15, 0.2) is 4.90 Å². The molecule has 2 aromatic rings. The molecule has 10 heteroatoms. The number of carbonyl (C=O) groups is 1. The summed E-state index contributed by atoms with van der Waals surface area (Å²) in [5.41, 5.74) is 3.69. The molecule has 0 aromatic heterocycles. The second kappa shape index (κ2) is 9.58. The number of benzene rings is 2. The Morgan fingerprint density at radius 3 is 2.33 bits per heavy atom. The molecule has 3 rings (SSSR count). The Morgan fingerprint density at radius 1 is 1.18 bits per heavy atom. The van der Waals surface area contributed by atoms with Gasteiger partial charge in [0.2, 0.25) is 10.0 Å². The number of nitrogens with zero attached hydrogens (tertiary/aromatic N) is 3. The highest BCUT2D eigenvalue weighted by Gasteiger charge is 2.40. The van der Waals surface area contributed by atoms with E-state index in [1.807, 2.05) is 32.9 Å². The molecule has 0 amide bonds. The van der Waals surface area contributed by atoms with Crippen molar-refractivity contribution in [3.63, 3.8) is 0 Å². The van der Waals surface area contributed by atoms with Gasteiger partial charge in [-0.05, 0) is 56.9 Å². The first-order valence-electron chi connectivity index (χ1n) is 10.7. The van der Waals surface area contributed by atoms with Crippen LogP contribution in [0.1, 0.15) is 29.2 Å². The molecule has 2 aromatic carbocycles. The van der Waals surface area contributed by atoms with Gasteiger partial charge in [0.05, 0.1) is 4.92 Å². The summed E-state index contributed by atoms with van der Waals surface area (Å²) >= 11 is 0. The summed E-state index contributed by atoms with van der Waals surface area (Å²) in [4.78, 5) is 24.2. The van der Waals surface area contributed by atoms with Crippen LogP contribution in [0.3, 0.4) is 0 Å². The number of para-hydroxylation sites is 1. The molecular weight excluding hydrogens is 446 g/mol. The van der Waals surface area contributed by atoms with Crippen molar-refractivity contribution in [2.45, 2.75) is 51.1 Å². The van der Waals surface area contributed by atoms with E-state index in [-0.39, 0.29) is 24.5 Å². The number of carboxylic acids is 1. The van der Waals surface area contributed by atoms with Gasteiger partial charge in [-0.25, -0.2) is 8.42 Å². The van der Waals surface area contributed by atoms with Crippen LogP contribution < -0.4 is 0 Å². The largest absolute Gasteiger partial charge is 0.480 e.